The van der Waals surface area contributed by atoms with E-state index in [1.807, 2.05) is 25.1 Å². The summed E-state index contributed by atoms with van der Waals surface area (Å²) in [5.41, 5.74) is 1.82. The van der Waals surface area contributed by atoms with Gasteiger partial charge in [-0.1, -0.05) is 24.4 Å². The van der Waals surface area contributed by atoms with Crippen LogP contribution in [0, 0.1) is 6.92 Å². The number of fused-ring (bicyclic) bond motifs is 1. The van der Waals surface area contributed by atoms with E-state index in [9.17, 15) is 0 Å². The first-order valence-corrected chi connectivity index (χ1v) is 8.17. The Kier molecular flexibility index (Phi) is 3.56. The zero-order valence-corrected chi connectivity index (χ0v) is 13.5. The Morgan fingerprint density at radius 1 is 1.17 bits per heavy atom. The van der Waals surface area contributed by atoms with E-state index < -0.39 is 0 Å². The van der Waals surface area contributed by atoms with Crippen LogP contribution in [0.3, 0.4) is 0 Å². The SMILES string of the molecule is COc1ccc2oc(-c3noc(C4CCCCC4)n3)c(C)c2c1. The number of rotatable bonds is 3. The molecule has 3 aromatic rings. The highest BCUT2D eigenvalue weighted by atomic mass is 16.5. The van der Waals surface area contributed by atoms with Crippen LogP contribution in [0.4, 0.5) is 0 Å². The number of hydrogen-bond acceptors (Lipinski definition) is 5. The van der Waals surface area contributed by atoms with Gasteiger partial charge in [0, 0.05) is 16.9 Å². The van der Waals surface area contributed by atoms with Gasteiger partial charge in [0.25, 0.3) is 0 Å². The molecule has 23 heavy (non-hydrogen) atoms. The molecule has 0 atom stereocenters. The molecule has 0 radical (unpaired) electrons. The van der Waals surface area contributed by atoms with Crippen molar-refractivity contribution in [2.45, 2.75) is 44.9 Å². The fourth-order valence-electron chi connectivity index (χ4n) is 3.38. The Bertz CT molecular complexity index is 828. The highest BCUT2D eigenvalue weighted by Crippen LogP contribution is 2.36. The van der Waals surface area contributed by atoms with E-state index in [0.29, 0.717) is 17.5 Å². The van der Waals surface area contributed by atoms with Crippen LogP contribution in [0.5, 0.6) is 5.75 Å². The number of benzene rings is 1. The monoisotopic (exact) mass is 312 g/mol. The van der Waals surface area contributed by atoms with Gasteiger partial charge in [0.05, 0.1) is 7.11 Å². The molecule has 0 saturated heterocycles. The van der Waals surface area contributed by atoms with Gasteiger partial charge in [0.2, 0.25) is 11.7 Å². The molecule has 0 N–H and O–H groups in total. The lowest BCUT2D eigenvalue weighted by Crippen LogP contribution is -2.04. The van der Waals surface area contributed by atoms with E-state index >= 15 is 0 Å². The van der Waals surface area contributed by atoms with Crippen molar-refractivity contribution in [3.63, 3.8) is 0 Å². The molecule has 0 unspecified atom stereocenters. The summed E-state index contributed by atoms with van der Waals surface area (Å²) in [4.78, 5) is 4.60. The predicted molar refractivity (Wildman–Crippen MR) is 86.6 cm³/mol. The molecule has 2 heterocycles. The summed E-state index contributed by atoms with van der Waals surface area (Å²) in [6, 6.07) is 5.77. The number of aryl methyl sites for hydroxylation is 1. The van der Waals surface area contributed by atoms with Crippen LogP contribution in [0.2, 0.25) is 0 Å². The molecule has 4 rings (SSSR count). The number of ether oxygens (including phenoxy) is 1. The van der Waals surface area contributed by atoms with Crippen LogP contribution in [0.1, 0.15) is 49.5 Å². The zero-order valence-electron chi connectivity index (χ0n) is 13.5. The van der Waals surface area contributed by atoms with Gasteiger partial charge < -0.3 is 13.7 Å². The van der Waals surface area contributed by atoms with Gasteiger partial charge in [-0.25, -0.2) is 0 Å². The molecule has 1 aromatic carbocycles. The van der Waals surface area contributed by atoms with Gasteiger partial charge in [-0.15, -0.1) is 0 Å². The van der Waals surface area contributed by atoms with Crippen molar-refractivity contribution >= 4 is 11.0 Å². The standard InChI is InChI=1S/C18H20N2O3/c1-11-14-10-13(21-2)8-9-15(14)22-16(11)17-19-18(23-20-17)12-6-4-3-5-7-12/h8-10,12H,3-7H2,1-2H3. The van der Waals surface area contributed by atoms with E-state index in [2.05, 4.69) is 10.1 Å². The highest BCUT2D eigenvalue weighted by molar-refractivity contribution is 5.87. The summed E-state index contributed by atoms with van der Waals surface area (Å²) in [7, 11) is 1.66. The number of nitrogens with zero attached hydrogens (tertiary/aromatic N) is 2. The van der Waals surface area contributed by atoms with Crippen molar-refractivity contribution in [2.24, 2.45) is 0 Å². The molecule has 1 saturated carbocycles. The second-order valence-electron chi connectivity index (χ2n) is 6.21. The summed E-state index contributed by atoms with van der Waals surface area (Å²) in [6.45, 7) is 2.01. The van der Waals surface area contributed by atoms with Crippen LogP contribution < -0.4 is 4.74 Å². The first-order valence-electron chi connectivity index (χ1n) is 8.17. The Morgan fingerprint density at radius 3 is 2.78 bits per heavy atom. The van der Waals surface area contributed by atoms with E-state index in [1.165, 1.54) is 19.3 Å². The maximum atomic E-state index is 5.94. The van der Waals surface area contributed by atoms with Gasteiger partial charge in [0.1, 0.15) is 11.3 Å². The lowest BCUT2D eigenvalue weighted by Gasteiger charge is -2.17. The molecule has 0 bridgehead atoms. The number of hydrogen-bond donors (Lipinski definition) is 0. The van der Waals surface area contributed by atoms with Crippen molar-refractivity contribution in [2.75, 3.05) is 7.11 Å². The van der Waals surface area contributed by atoms with Gasteiger partial charge in [0.15, 0.2) is 5.76 Å². The molecule has 120 valence electrons. The summed E-state index contributed by atoms with van der Waals surface area (Å²) in [5.74, 6) is 3.17. The van der Waals surface area contributed by atoms with E-state index in [-0.39, 0.29) is 0 Å². The van der Waals surface area contributed by atoms with E-state index in [4.69, 9.17) is 13.7 Å². The summed E-state index contributed by atoms with van der Waals surface area (Å²) in [5, 5.41) is 5.17. The molecule has 1 aliphatic carbocycles. The van der Waals surface area contributed by atoms with Gasteiger partial charge in [-0.2, -0.15) is 4.98 Å². The average Bonchev–Trinajstić information content (AvgIpc) is 3.20. The molecule has 5 heteroatoms. The van der Waals surface area contributed by atoms with Crippen molar-refractivity contribution in [3.05, 3.63) is 29.7 Å². The average molecular weight is 312 g/mol. The minimum atomic E-state index is 0.398. The molecule has 0 spiro atoms. The Labute approximate surface area is 134 Å². The topological polar surface area (TPSA) is 61.3 Å². The Balaban J connectivity index is 1.71. The summed E-state index contributed by atoms with van der Waals surface area (Å²) in [6.07, 6.45) is 6.07. The van der Waals surface area contributed by atoms with Crippen molar-refractivity contribution in [1.29, 1.82) is 0 Å². The quantitative estimate of drug-likeness (QED) is 0.692. The van der Waals surface area contributed by atoms with Crippen molar-refractivity contribution in [1.82, 2.24) is 10.1 Å². The number of aromatic nitrogens is 2. The maximum absolute atomic E-state index is 5.94. The maximum Gasteiger partial charge on any atom is 0.238 e. The second-order valence-corrected chi connectivity index (χ2v) is 6.21. The minimum absolute atomic E-state index is 0.398. The molecule has 2 aromatic heterocycles. The van der Waals surface area contributed by atoms with Crippen LogP contribution in [0.15, 0.2) is 27.1 Å². The molecule has 0 amide bonds. The van der Waals surface area contributed by atoms with E-state index in [1.54, 1.807) is 7.11 Å². The predicted octanol–water partition coefficient (Wildman–Crippen LogP) is 4.85. The second kappa shape index (κ2) is 5.72. The molecule has 1 fully saturated rings. The fraction of sp³-hybridized carbons (Fsp3) is 0.444. The van der Waals surface area contributed by atoms with Crippen LogP contribution in [0.25, 0.3) is 22.6 Å². The van der Waals surface area contributed by atoms with Crippen LogP contribution in [-0.4, -0.2) is 17.3 Å². The van der Waals surface area contributed by atoms with Gasteiger partial charge >= 0.3 is 0 Å². The van der Waals surface area contributed by atoms with Crippen LogP contribution in [-0.2, 0) is 0 Å². The van der Waals surface area contributed by atoms with E-state index in [0.717, 1.165) is 41.0 Å². The highest BCUT2D eigenvalue weighted by Gasteiger charge is 2.24. The molecule has 0 aliphatic heterocycles. The van der Waals surface area contributed by atoms with Gasteiger partial charge in [-0.05, 0) is 38.0 Å². The summed E-state index contributed by atoms with van der Waals surface area (Å²) < 4.78 is 16.7. The first-order chi connectivity index (χ1) is 11.3. The molecular formula is C18H20N2O3. The number of methoxy groups -OCH3 is 1. The third kappa shape index (κ3) is 2.50. The lowest BCUT2D eigenvalue weighted by atomic mass is 9.89. The third-order valence-corrected chi connectivity index (χ3v) is 4.74. The Morgan fingerprint density at radius 2 is 2.00 bits per heavy atom. The van der Waals surface area contributed by atoms with Crippen molar-refractivity contribution in [3.8, 4) is 17.3 Å². The largest absolute Gasteiger partial charge is 0.497 e. The summed E-state index contributed by atoms with van der Waals surface area (Å²) >= 11 is 0. The normalized spacial score (nSPS) is 16.1. The third-order valence-electron chi connectivity index (χ3n) is 4.74. The molecule has 5 nitrogen and oxygen atoms in total. The minimum Gasteiger partial charge on any atom is -0.497 e. The lowest BCUT2D eigenvalue weighted by molar-refractivity contribution is 0.314. The van der Waals surface area contributed by atoms with Crippen molar-refractivity contribution < 1.29 is 13.7 Å². The number of furan rings is 1. The zero-order chi connectivity index (χ0) is 15.8. The Hall–Kier alpha value is -2.30. The van der Waals surface area contributed by atoms with Crippen LogP contribution >= 0.6 is 0 Å². The first kappa shape index (κ1) is 14.3. The molecule has 1 aliphatic rings. The smallest absolute Gasteiger partial charge is 0.238 e. The van der Waals surface area contributed by atoms with Gasteiger partial charge in [-0.3, -0.25) is 0 Å². The fourth-order valence-corrected chi connectivity index (χ4v) is 3.38. The molecular weight excluding hydrogens is 292 g/mol.